The first-order chi connectivity index (χ1) is 11.3. The number of carboxylic acids is 1. The van der Waals surface area contributed by atoms with Crippen molar-refractivity contribution in [3.63, 3.8) is 0 Å². The number of carbonyl (C=O) groups excluding carboxylic acids is 2. The van der Waals surface area contributed by atoms with Gasteiger partial charge in [-0.05, 0) is 38.0 Å². The first kappa shape index (κ1) is 19.7. The largest absolute Gasteiger partial charge is 0.481 e. The first-order valence-electron chi connectivity index (χ1n) is 8.18. The number of hydrogen-bond acceptors (Lipinski definition) is 3. The smallest absolute Gasteiger partial charge is 0.305 e. The Morgan fingerprint density at radius 2 is 1.71 bits per heavy atom. The molecule has 6 nitrogen and oxygen atoms in total. The van der Waals surface area contributed by atoms with Gasteiger partial charge in [-0.15, -0.1) is 0 Å². The summed E-state index contributed by atoms with van der Waals surface area (Å²) in [6, 6.07) is 6.48. The fourth-order valence-electron chi connectivity index (χ4n) is 2.48. The number of hydrogen-bond donors (Lipinski definition) is 2. The molecule has 0 saturated heterocycles. The fourth-order valence-corrected chi connectivity index (χ4v) is 2.48. The van der Waals surface area contributed by atoms with Crippen molar-refractivity contribution in [2.45, 2.75) is 45.6 Å². The minimum Gasteiger partial charge on any atom is -0.481 e. The molecule has 6 heteroatoms. The van der Waals surface area contributed by atoms with E-state index in [1.54, 1.807) is 36.2 Å². The summed E-state index contributed by atoms with van der Waals surface area (Å²) in [6.07, 6.45) is 0.889. The minimum atomic E-state index is -0.951. The van der Waals surface area contributed by atoms with Crippen molar-refractivity contribution in [3.05, 3.63) is 35.4 Å². The van der Waals surface area contributed by atoms with Gasteiger partial charge < -0.3 is 15.3 Å². The maximum atomic E-state index is 12.5. The Labute approximate surface area is 142 Å². The van der Waals surface area contributed by atoms with Crippen LogP contribution in [0.2, 0.25) is 0 Å². The van der Waals surface area contributed by atoms with Gasteiger partial charge in [-0.3, -0.25) is 14.4 Å². The summed E-state index contributed by atoms with van der Waals surface area (Å²) in [5.41, 5.74) is -0.00536. The van der Waals surface area contributed by atoms with Crippen molar-refractivity contribution >= 4 is 17.8 Å². The molecule has 0 saturated carbocycles. The van der Waals surface area contributed by atoms with Crippen molar-refractivity contribution in [2.75, 3.05) is 13.6 Å². The van der Waals surface area contributed by atoms with Crippen LogP contribution in [0.15, 0.2) is 24.3 Å². The van der Waals surface area contributed by atoms with Gasteiger partial charge in [0.2, 0.25) is 0 Å². The molecule has 0 bridgehead atoms. The van der Waals surface area contributed by atoms with E-state index >= 15 is 0 Å². The lowest BCUT2D eigenvalue weighted by atomic mass is 9.88. The van der Waals surface area contributed by atoms with Gasteiger partial charge in [0.05, 0.1) is 12.0 Å². The summed E-state index contributed by atoms with van der Waals surface area (Å²) >= 11 is 0. The highest BCUT2D eigenvalue weighted by molar-refractivity contribution is 6.00. The van der Waals surface area contributed by atoms with Crippen LogP contribution in [0.3, 0.4) is 0 Å². The molecule has 2 N–H and O–H groups in total. The van der Waals surface area contributed by atoms with E-state index in [0.29, 0.717) is 30.5 Å². The van der Waals surface area contributed by atoms with E-state index in [1.807, 2.05) is 20.8 Å². The van der Waals surface area contributed by atoms with Crippen LogP contribution in [0.25, 0.3) is 0 Å². The van der Waals surface area contributed by atoms with Crippen LogP contribution >= 0.6 is 0 Å². The van der Waals surface area contributed by atoms with Gasteiger partial charge in [-0.2, -0.15) is 0 Å². The zero-order valence-corrected chi connectivity index (χ0v) is 14.8. The molecular formula is C18H26N2O4. The summed E-state index contributed by atoms with van der Waals surface area (Å²) in [6.45, 7) is 6.14. The van der Waals surface area contributed by atoms with E-state index in [-0.39, 0.29) is 18.2 Å². The predicted octanol–water partition coefficient (Wildman–Crippen LogP) is 2.54. The van der Waals surface area contributed by atoms with Gasteiger partial charge in [0.25, 0.3) is 11.8 Å². The van der Waals surface area contributed by atoms with Gasteiger partial charge in [0, 0.05) is 24.7 Å². The lowest BCUT2D eigenvalue weighted by molar-refractivity contribution is -0.138. The van der Waals surface area contributed by atoms with Crippen LogP contribution in [0, 0.1) is 0 Å². The number of amides is 2. The Morgan fingerprint density at radius 1 is 1.12 bits per heavy atom. The van der Waals surface area contributed by atoms with Crippen LogP contribution in [-0.2, 0) is 4.79 Å². The van der Waals surface area contributed by atoms with E-state index in [9.17, 15) is 14.4 Å². The molecule has 132 valence electrons. The Hall–Kier alpha value is -2.37. The van der Waals surface area contributed by atoms with Crippen molar-refractivity contribution in [3.8, 4) is 0 Å². The summed E-state index contributed by atoms with van der Waals surface area (Å²) in [5.74, 6) is -1.48. The van der Waals surface area contributed by atoms with Crippen LogP contribution in [0.4, 0.5) is 0 Å². The van der Waals surface area contributed by atoms with Crippen LogP contribution in [-0.4, -0.2) is 46.9 Å². The van der Waals surface area contributed by atoms with Crippen LogP contribution < -0.4 is 5.32 Å². The summed E-state index contributed by atoms with van der Waals surface area (Å²) in [7, 11) is 1.70. The summed E-state index contributed by atoms with van der Waals surface area (Å²) < 4.78 is 0. The average Bonchev–Trinajstić information content (AvgIpc) is 2.59. The third-order valence-electron chi connectivity index (χ3n) is 4.41. The Balaban J connectivity index is 3.02. The lowest BCUT2D eigenvalue weighted by Crippen LogP contribution is -2.49. The highest BCUT2D eigenvalue weighted by Gasteiger charge is 2.31. The molecule has 0 heterocycles. The number of carbonyl (C=O) groups is 3. The molecule has 1 aromatic rings. The molecule has 0 atom stereocenters. The second-order valence-corrected chi connectivity index (χ2v) is 5.91. The van der Waals surface area contributed by atoms with E-state index in [4.69, 9.17) is 5.11 Å². The Morgan fingerprint density at radius 3 is 2.21 bits per heavy atom. The fraction of sp³-hybridized carbons (Fsp3) is 0.500. The Kier molecular flexibility index (Phi) is 6.95. The SMILES string of the molecule is CCN(C)C(=O)c1cccc(C(=O)NC(CC)(CC)CC(=O)O)c1. The van der Waals surface area contributed by atoms with E-state index in [1.165, 1.54) is 0 Å². The highest BCUT2D eigenvalue weighted by atomic mass is 16.4. The van der Waals surface area contributed by atoms with Gasteiger partial charge in [-0.1, -0.05) is 19.9 Å². The summed E-state index contributed by atoms with van der Waals surface area (Å²) in [5, 5.41) is 11.9. The zero-order chi connectivity index (χ0) is 18.3. The number of nitrogens with one attached hydrogen (secondary N) is 1. The second-order valence-electron chi connectivity index (χ2n) is 5.91. The normalized spacial score (nSPS) is 11.0. The Bertz CT molecular complexity index is 609. The highest BCUT2D eigenvalue weighted by Crippen LogP contribution is 2.21. The van der Waals surface area contributed by atoms with Crippen LogP contribution in [0.1, 0.15) is 60.7 Å². The standard InChI is InChI=1S/C18H26N2O4/c1-5-18(6-2,12-15(21)22)19-16(23)13-9-8-10-14(11-13)17(24)20(4)7-3/h8-11H,5-7,12H2,1-4H3,(H,19,23)(H,21,22). The van der Waals surface area contributed by atoms with Gasteiger partial charge in [-0.25, -0.2) is 0 Å². The van der Waals surface area contributed by atoms with Crippen LogP contribution in [0.5, 0.6) is 0 Å². The number of rotatable bonds is 8. The third kappa shape index (κ3) is 4.81. The number of aliphatic carboxylic acids is 1. The molecule has 24 heavy (non-hydrogen) atoms. The zero-order valence-electron chi connectivity index (χ0n) is 14.8. The number of nitrogens with zero attached hydrogens (tertiary/aromatic N) is 1. The van der Waals surface area contributed by atoms with Gasteiger partial charge >= 0.3 is 5.97 Å². The maximum absolute atomic E-state index is 12.5. The molecule has 0 unspecified atom stereocenters. The summed E-state index contributed by atoms with van der Waals surface area (Å²) in [4.78, 5) is 37.4. The molecule has 1 aromatic carbocycles. The molecule has 0 spiro atoms. The van der Waals surface area contributed by atoms with E-state index in [2.05, 4.69) is 5.32 Å². The van der Waals surface area contributed by atoms with E-state index < -0.39 is 11.5 Å². The van der Waals surface area contributed by atoms with Crippen molar-refractivity contribution in [2.24, 2.45) is 0 Å². The average molecular weight is 334 g/mol. The van der Waals surface area contributed by atoms with Crippen molar-refractivity contribution in [1.82, 2.24) is 10.2 Å². The second kappa shape index (κ2) is 8.47. The van der Waals surface area contributed by atoms with Gasteiger partial charge in [0.1, 0.15) is 0 Å². The first-order valence-corrected chi connectivity index (χ1v) is 8.18. The number of carboxylic acid groups (broad SMARTS) is 1. The van der Waals surface area contributed by atoms with Gasteiger partial charge in [0.15, 0.2) is 0 Å². The third-order valence-corrected chi connectivity index (χ3v) is 4.41. The monoisotopic (exact) mass is 334 g/mol. The molecule has 0 aliphatic rings. The molecule has 2 amide bonds. The number of benzene rings is 1. The van der Waals surface area contributed by atoms with E-state index in [0.717, 1.165) is 0 Å². The van der Waals surface area contributed by atoms with Crippen molar-refractivity contribution < 1.29 is 19.5 Å². The molecule has 1 rings (SSSR count). The lowest BCUT2D eigenvalue weighted by Gasteiger charge is -2.31. The molecular weight excluding hydrogens is 308 g/mol. The maximum Gasteiger partial charge on any atom is 0.305 e. The topological polar surface area (TPSA) is 86.7 Å². The molecule has 0 aliphatic carbocycles. The predicted molar refractivity (Wildman–Crippen MR) is 92.1 cm³/mol. The minimum absolute atomic E-state index is 0.136. The molecule has 0 radical (unpaired) electrons. The van der Waals surface area contributed by atoms with Crippen molar-refractivity contribution in [1.29, 1.82) is 0 Å². The molecule has 0 aromatic heterocycles. The molecule has 0 fully saturated rings. The quantitative estimate of drug-likeness (QED) is 0.765. The molecule has 0 aliphatic heterocycles.